The second-order valence-electron chi connectivity index (χ2n) is 4.64. The molecule has 0 heterocycles. The van der Waals surface area contributed by atoms with Gasteiger partial charge in [0.05, 0.1) is 17.9 Å². The number of nitrogens with zero attached hydrogens (tertiary/aromatic N) is 1. The molecule has 1 rings (SSSR count). The molecule has 1 amide bonds. The maximum atomic E-state index is 12.0. The molecule has 1 aromatic rings. The highest BCUT2D eigenvalue weighted by molar-refractivity contribution is 7.85. The van der Waals surface area contributed by atoms with Gasteiger partial charge in [-0.2, -0.15) is 13.7 Å². The van der Waals surface area contributed by atoms with Crippen LogP contribution in [0.3, 0.4) is 0 Å². The van der Waals surface area contributed by atoms with Gasteiger partial charge in [-0.05, 0) is 25.1 Å². The van der Waals surface area contributed by atoms with Crippen LogP contribution in [0, 0.1) is 11.3 Å². The zero-order valence-electron chi connectivity index (χ0n) is 13.4. The number of carbonyl (C=O) groups is 2. The van der Waals surface area contributed by atoms with Gasteiger partial charge >= 0.3 is 5.97 Å². The largest absolute Gasteiger partial charge is 0.466 e. The summed E-state index contributed by atoms with van der Waals surface area (Å²) in [5.74, 6) is -1.19. The number of hydrogen-bond donors (Lipinski definition) is 3. The van der Waals surface area contributed by atoms with Crippen LogP contribution in [0.15, 0.2) is 40.9 Å². The Balaban J connectivity index is 2.69. The number of esters is 1. The minimum atomic E-state index is -4.40. The fourth-order valence-corrected chi connectivity index (χ4v) is 2.19. The van der Waals surface area contributed by atoms with Gasteiger partial charge in [0.2, 0.25) is 0 Å². The Labute approximate surface area is 145 Å². The number of anilines is 1. The van der Waals surface area contributed by atoms with E-state index in [9.17, 15) is 18.0 Å². The first-order valence-corrected chi connectivity index (χ1v) is 8.60. The molecule has 0 saturated heterocycles. The molecule has 0 aliphatic rings. The maximum Gasteiger partial charge on any atom is 0.307 e. The third-order valence-corrected chi connectivity index (χ3v) is 3.63. The number of nitrogens with one attached hydrogen (secondary N) is 2. The highest BCUT2D eigenvalue weighted by Gasteiger charge is 2.13. The summed E-state index contributed by atoms with van der Waals surface area (Å²) in [6.45, 7) is 2.12. The third kappa shape index (κ3) is 7.03. The van der Waals surface area contributed by atoms with E-state index in [1.54, 1.807) is 13.0 Å². The van der Waals surface area contributed by atoms with Crippen molar-refractivity contribution >= 4 is 27.7 Å². The molecule has 0 bridgehead atoms. The fraction of sp³-hybridized carbons (Fsp3) is 0.267. The van der Waals surface area contributed by atoms with Crippen LogP contribution in [0.5, 0.6) is 0 Å². The predicted octanol–water partition coefficient (Wildman–Crippen LogP) is 0.822. The topological polar surface area (TPSA) is 146 Å². The van der Waals surface area contributed by atoms with Crippen LogP contribution >= 0.6 is 0 Å². The first-order chi connectivity index (χ1) is 11.8. The maximum absolute atomic E-state index is 12.0. The normalized spacial score (nSPS) is 11.3. The predicted molar refractivity (Wildman–Crippen MR) is 87.8 cm³/mol. The van der Waals surface area contributed by atoms with E-state index >= 15 is 0 Å². The zero-order chi connectivity index (χ0) is 18.9. The van der Waals surface area contributed by atoms with Crippen LogP contribution in [0.2, 0.25) is 0 Å². The molecule has 0 aliphatic heterocycles. The molecule has 0 unspecified atom stereocenters. The Bertz CT molecular complexity index is 811. The summed E-state index contributed by atoms with van der Waals surface area (Å²) in [4.78, 5) is 22.7. The highest BCUT2D eigenvalue weighted by atomic mass is 32.2. The summed E-state index contributed by atoms with van der Waals surface area (Å²) in [6, 6.07) is 6.61. The molecule has 1 aromatic carbocycles. The smallest absolute Gasteiger partial charge is 0.307 e. The van der Waals surface area contributed by atoms with E-state index in [1.807, 2.05) is 0 Å². The molecular weight excluding hydrogens is 350 g/mol. The minimum absolute atomic E-state index is 0.0705. The lowest BCUT2D eigenvalue weighted by Crippen LogP contribution is -2.19. The van der Waals surface area contributed by atoms with Gasteiger partial charge in [-0.1, -0.05) is 6.07 Å². The summed E-state index contributed by atoms with van der Waals surface area (Å²) in [6.07, 6.45) is 1.21. The summed E-state index contributed by atoms with van der Waals surface area (Å²) >= 11 is 0. The van der Waals surface area contributed by atoms with Gasteiger partial charge in [-0.15, -0.1) is 0 Å². The van der Waals surface area contributed by atoms with Gasteiger partial charge in [-0.3, -0.25) is 14.1 Å². The average Bonchev–Trinajstić information content (AvgIpc) is 2.54. The van der Waals surface area contributed by atoms with E-state index in [0.29, 0.717) is 0 Å². The molecule has 0 aromatic heterocycles. The summed E-state index contributed by atoms with van der Waals surface area (Å²) in [5.41, 5.74) is -0.186. The average molecular weight is 367 g/mol. The van der Waals surface area contributed by atoms with Crippen molar-refractivity contribution in [1.82, 2.24) is 5.32 Å². The summed E-state index contributed by atoms with van der Waals surface area (Å²) < 4.78 is 35.8. The van der Waals surface area contributed by atoms with Gasteiger partial charge in [0, 0.05) is 18.4 Å². The van der Waals surface area contributed by atoms with Crippen molar-refractivity contribution in [2.24, 2.45) is 0 Å². The van der Waals surface area contributed by atoms with Crippen LogP contribution in [0.4, 0.5) is 5.69 Å². The molecule has 0 saturated carbocycles. The van der Waals surface area contributed by atoms with Gasteiger partial charge in [0.1, 0.15) is 11.6 Å². The van der Waals surface area contributed by atoms with Crippen molar-refractivity contribution in [2.75, 3.05) is 18.5 Å². The quantitative estimate of drug-likeness (QED) is 0.201. The molecule has 10 heteroatoms. The van der Waals surface area contributed by atoms with Crippen molar-refractivity contribution in [3.8, 4) is 6.07 Å². The van der Waals surface area contributed by atoms with Crippen LogP contribution in [0.1, 0.15) is 13.3 Å². The molecule has 3 N–H and O–H groups in total. The first kappa shape index (κ1) is 20.1. The van der Waals surface area contributed by atoms with Crippen LogP contribution in [-0.4, -0.2) is 38.0 Å². The van der Waals surface area contributed by atoms with Crippen LogP contribution in [-0.2, 0) is 24.4 Å². The number of benzene rings is 1. The van der Waals surface area contributed by atoms with Gasteiger partial charge < -0.3 is 15.4 Å². The molecule has 25 heavy (non-hydrogen) atoms. The number of rotatable bonds is 8. The summed E-state index contributed by atoms with van der Waals surface area (Å²) in [5, 5.41) is 14.0. The number of hydrogen-bond acceptors (Lipinski definition) is 7. The SMILES string of the molecule is CCOC(=O)CCN/C=C(/C#N)C(=O)Nc1cccc(S(=O)(=O)O)c1. The number of ether oxygens (including phenoxy) is 1. The Kier molecular flexibility index (Phi) is 7.58. The van der Waals surface area contributed by atoms with E-state index in [4.69, 9.17) is 14.6 Å². The van der Waals surface area contributed by atoms with Gasteiger partial charge in [0.25, 0.3) is 16.0 Å². The number of nitriles is 1. The molecule has 0 spiro atoms. The Morgan fingerprint density at radius 1 is 1.40 bits per heavy atom. The summed E-state index contributed by atoms with van der Waals surface area (Å²) in [7, 11) is -4.40. The molecule has 9 nitrogen and oxygen atoms in total. The monoisotopic (exact) mass is 367 g/mol. The molecule has 0 fully saturated rings. The Morgan fingerprint density at radius 3 is 2.72 bits per heavy atom. The number of amides is 1. The lowest BCUT2D eigenvalue weighted by Gasteiger charge is -2.06. The molecule has 0 aliphatic carbocycles. The second-order valence-corrected chi connectivity index (χ2v) is 6.06. The van der Waals surface area contributed by atoms with E-state index in [-0.39, 0.29) is 35.7 Å². The second kappa shape index (κ2) is 9.41. The molecule has 0 radical (unpaired) electrons. The molecule has 134 valence electrons. The Morgan fingerprint density at radius 2 is 2.12 bits per heavy atom. The van der Waals surface area contributed by atoms with Crippen molar-refractivity contribution in [3.63, 3.8) is 0 Å². The highest BCUT2D eigenvalue weighted by Crippen LogP contribution is 2.15. The van der Waals surface area contributed by atoms with E-state index in [1.165, 1.54) is 12.1 Å². The van der Waals surface area contributed by atoms with E-state index < -0.39 is 22.0 Å². The van der Waals surface area contributed by atoms with E-state index in [2.05, 4.69) is 10.6 Å². The lowest BCUT2D eigenvalue weighted by molar-refractivity contribution is -0.142. The molecular formula is C15H17N3O6S. The van der Waals surface area contributed by atoms with Crippen molar-refractivity contribution in [1.29, 1.82) is 5.26 Å². The van der Waals surface area contributed by atoms with Crippen molar-refractivity contribution in [2.45, 2.75) is 18.2 Å². The lowest BCUT2D eigenvalue weighted by atomic mass is 10.2. The fourth-order valence-electron chi connectivity index (χ4n) is 1.66. The van der Waals surface area contributed by atoms with Gasteiger partial charge in [-0.25, -0.2) is 0 Å². The van der Waals surface area contributed by atoms with E-state index in [0.717, 1.165) is 18.3 Å². The van der Waals surface area contributed by atoms with Gasteiger partial charge in [0.15, 0.2) is 0 Å². The van der Waals surface area contributed by atoms with Crippen molar-refractivity contribution in [3.05, 3.63) is 36.0 Å². The standard InChI is InChI=1S/C15H17N3O6S/c1-2-24-14(19)6-7-17-10-11(9-16)15(20)18-12-4-3-5-13(8-12)25(21,22)23/h3-5,8,10,17H,2,6-7H2,1H3,(H,18,20)(H,21,22,23)/b11-10-. The molecule has 0 atom stereocenters. The number of carbonyl (C=O) groups excluding carboxylic acids is 2. The Hall–Kier alpha value is -2.90. The van der Waals surface area contributed by atoms with Crippen LogP contribution in [0.25, 0.3) is 0 Å². The third-order valence-electron chi connectivity index (χ3n) is 2.78. The van der Waals surface area contributed by atoms with Crippen molar-refractivity contribution < 1.29 is 27.3 Å². The minimum Gasteiger partial charge on any atom is -0.466 e. The first-order valence-electron chi connectivity index (χ1n) is 7.16. The van der Waals surface area contributed by atoms with Crippen LogP contribution < -0.4 is 10.6 Å². The zero-order valence-corrected chi connectivity index (χ0v) is 14.2.